The van der Waals surface area contributed by atoms with Crippen LogP contribution in [0.25, 0.3) is 11.2 Å². The van der Waals surface area contributed by atoms with Crippen LogP contribution in [0.2, 0.25) is 0 Å². The predicted molar refractivity (Wildman–Crippen MR) is 113 cm³/mol. The minimum Gasteiger partial charge on any atom is -0.347 e. The van der Waals surface area contributed by atoms with Crippen molar-refractivity contribution >= 4 is 33.0 Å². The Morgan fingerprint density at radius 1 is 1.24 bits per heavy atom. The average molecular weight is 460 g/mol. The van der Waals surface area contributed by atoms with Crippen molar-refractivity contribution in [1.29, 1.82) is 0 Å². The second-order valence-electron chi connectivity index (χ2n) is 7.55. The highest BCUT2D eigenvalue weighted by atomic mass is 79.9. The van der Waals surface area contributed by atoms with Crippen LogP contribution < -0.4 is 16.6 Å². The van der Waals surface area contributed by atoms with Gasteiger partial charge in [-0.1, -0.05) is 34.5 Å². The van der Waals surface area contributed by atoms with Gasteiger partial charge in [0.05, 0.1) is 12.4 Å². The number of fused-ring (bicyclic) bond motifs is 1. The summed E-state index contributed by atoms with van der Waals surface area (Å²) < 4.78 is 4.80. The molecule has 1 atom stereocenters. The molecule has 0 spiro atoms. The van der Waals surface area contributed by atoms with Crippen molar-refractivity contribution in [3.8, 4) is 0 Å². The van der Waals surface area contributed by atoms with Crippen LogP contribution in [0, 0.1) is 5.92 Å². The summed E-state index contributed by atoms with van der Waals surface area (Å²) in [4.78, 5) is 42.4. The highest BCUT2D eigenvalue weighted by Crippen LogP contribution is 2.38. The molecule has 8 nitrogen and oxygen atoms in total. The fraction of sp³-hybridized carbons (Fsp3) is 0.400. The van der Waals surface area contributed by atoms with Gasteiger partial charge in [0.1, 0.15) is 6.54 Å². The lowest BCUT2D eigenvalue weighted by Gasteiger charge is -2.34. The molecule has 1 aliphatic rings. The molecule has 0 bridgehead atoms. The fourth-order valence-electron chi connectivity index (χ4n) is 3.81. The number of benzene rings is 1. The van der Waals surface area contributed by atoms with E-state index in [2.05, 4.69) is 26.2 Å². The van der Waals surface area contributed by atoms with E-state index in [-0.39, 0.29) is 18.5 Å². The quantitative estimate of drug-likeness (QED) is 0.630. The maximum atomic E-state index is 12.8. The van der Waals surface area contributed by atoms with Crippen LogP contribution in [0.1, 0.15) is 30.9 Å². The van der Waals surface area contributed by atoms with E-state index in [1.807, 2.05) is 24.3 Å². The lowest BCUT2D eigenvalue weighted by molar-refractivity contribution is -0.123. The number of halogens is 1. The first kappa shape index (κ1) is 19.6. The Labute approximate surface area is 175 Å². The molecule has 1 aliphatic carbocycles. The summed E-state index contributed by atoms with van der Waals surface area (Å²) >= 11 is 3.43. The molecule has 1 N–H and O–H groups in total. The number of aryl methyl sites for hydroxylation is 2. The van der Waals surface area contributed by atoms with Gasteiger partial charge in [-0.25, -0.2) is 14.3 Å². The van der Waals surface area contributed by atoms with Crippen molar-refractivity contribution in [2.75, 3.05) is 0 Å². The smallest absolute Gasteiger partial charge is 0.332 e. The van der Waals surface area contributed by atoms with E-state index in [0.29, 0.717) is 17.1 Å². The predicted octanol–water partition coefficient (Wildman–Crippen LogP) is 1.85. The molecule has 0 radical (unpaired) electrons. The van der Waals surface area contributed by atoms with Crippen molar-refractivity contribution < 1.29 is 4.79 Å². The number of hydrogen-bond donors (Lipinski definition) is 1. The minimum absolute atomic E-state index is 0.135. The van der Waals surface area contributed by atoms with Crippen LogP contribution in [0.5, 0.6) is 0 Å². The van der Waals surface area contributed by atoms with E-state index < -0.39 is 11.2 Å². The Hall–Kier alpha value is -2.68. The van der Waals surface area contributed by atoms with Gasteiger partial charge < -0.3 is 9.88 Å². The molecule has 1 aromatic carbocycles. The van der Waals surface area contributed by atoms with Crippen molar-refractivity contribution in [2.45, 2.75) is 31.8 Å². The molecule has 0 aliphatic heterocycles. The molecule has 1 unspecified atom stereocenters. The Morgan fingerprint density at radius 3 is 2.55 bits per heavy atom. The Kier molecular flexibility index (Phi) is 5.16. The van der Waals surface area contributed by atoms with E-state index in [1.54, 1.807) is 18.7 Å². The molecule has 2 aromatic heterocycles. The maximum Gasteiger partial charge on any atom is 0.332 e. The number of nitrogens with one attached hydrogen (secondary N) is 1. The topological polar surface area (TPSA) is 90.9 Å². The first-order chi connectivity index (χ1) is 13.9. The van der Waals surface area contributed by atoms with E-state index in [9.17, 15) is 14.4 Å². The second-order valence-corrected chi connectivity index (χ2v) is 8.46. The highest BCUT2D eigenvalue weighted by Gasteiger charge is 2.30. The molecule has 1 amide bonds. The zero-order chi connectivity index (χ0) is 20.7. The molecule has 29 heavy (non-hydrogen) atoms. The number of rotatable bonds is 5. The van der Waals surface area contributed by atoms with Gasteiger partial charge in [0.15, 0.2) is 11.2 Å². The van der Waals surface area contributed by atoms with Crippen molar-refractivity contribution in [1.82, 2.24) is 24.0 Å². The normalized spacial score (nSPS) is 15.3. The van der Waals surface area contributed by atoms with Gasteiger partial charge in [-0.15, -0.1) is 0 Å². The molecule has 152 valence electrons. The molecular weight excluding hydrogens is 438 g/mol. The number of carbonyl (C=O) groups excluding carboxylic acids is 1. The average Bonchev–Trinajstić information content (AvgIpc) is 3.04. The number of aromatic nitrogens is 4. The summed E-state index contributed by atoms with van der Waals surface area (Å²) in [6.45, 7) is -0.327. The molecule has 1 fully saturated rings. The van der Waals surface area contributed by atoms with Crippen molar-refractivity contribution in [3.63, 3.8) is 0 Å². The third-order valence-electron chi connectivity index (χ3n) is 5.67. The van der Waals surface area contributed by atoms with Crippen LogP contribution in [0.4, 0.5) is 0 Å². The van der Waals surface area contributed by atoms with Crippen LogP contribution in [0.15, 0.2) is 44.7 Å². The van der Waals surface area contributed by atoms with Gasteiger partial charge in [0.2, 0.25) is 5.91 Å². The third kappa shape index (κ3) is 3.55. The molecule has 1 saturated carbocycles. The van der Waals surface area contributed by atoms with Gasteiger partial charge in [-0.05, 0) is 36.5 Å². The number of nitrogens with zero attached hydrogens (tertiary/aromatic N) is 4. The van der Waals surface area contributed by atoms with Crippen LogP contribution >= 0.6 is 15.9 Å². The molecular formula is C20H22BrN5O3. The van der Waals surface area contributed by atoms with E-state index in [1.165, 1.54) is 10.9 Å². The van der Waals surface area contributed by atoms with Gasteiger partial charge in [0, 0.05) is 18.6 Å². The third-order valence-corrected chi connectivity index (χ3v) is 6.20. The van der Waals surface area contributed by atoms with E-state index >= 15 is 0 Å². The van der Waals surface area contributed by atoms with Gasteiger partial charge in [-0.3, -0.25) is 14.2 Å². The minimum atomic E-state index is -0.555. The molecule has 9 heteroatoms. The largest absolute Gasteiger partial charge is 0.347 e. The summed E-state index contributed by atoms with van der Waals surface area (Å²) in [6.07, 6.45) is 4.72. The van der Waals surface area contributed by atoms with E-state index in [0.717, 1.165) is 33.9 Å². The second kappa shape index (κ2) is 7.62. The summed E-state index contributed by atoms with van der Waals surface area (Å²) in [6, 6.07) is 7.73. The lowest BCUT2D eigenvalue weighted by Crippen LogP contribution is -2.45. The molecule has 4 rings (SSSR count). The Morgan fingerprint density at radius 2 is 1.93 bits per heavy atom. The Bertz CT molecular complexity index is 1190. The summed E-state index contributed by atoms with van der Waals surface area (Å²) in [5, 5.41) is 3.05. The zero-order valence-corrected chi connectivity index (χ0v) is 17.8. The maximum absolute atomic E-state index is 12.8. The van der Waals surface area contributed by atoms with Gasteiger partial charge >= 0.3 is 5.69 Å². The summed E-state index contributed by atoms with van der Waals surface area (Å²) in [5.74, 6) is 0.00442. The van der Waals surface area contributed by atoms with Crippen LogP contribution in [0.3, 0.4) is 0 Å². The van der Waals surface area contributed by atoms with Crippen LogP contribution in [-0.4, -0.2) is 24.6 Å². The standard InChI is InChI=1S/C20H22BrN5O3/c1-24-11-22-18-17(24)19(28)26(20(29)25(18)2)10-15(27)23-16(12-4-3-5-12)13-6-8-14(21)9-7-13/h6-9,11-12,16H,3-5,10H2,1-2H3,(H,23,27). The van der Waals surface area contributed by atoms with Gasteiger partial charge in [-0.2, -0.15) is 0 Å². The van der Waals surface area contributed by atoms with E-state index in [4.69, 9.17) is 0 Å². The number of amides is 1. The zero-order valence-electron chi connectivity index (χ0n) is 16.3. The van der Waals surface area contributed by atoms with Gasteiger partial charge in [0.25, 0.3) is 5.56 Å². The fourth-order valence-corrected chi connectivity index (χ4v) is 4.08. The monoisotopic (exact) mass is 459 g/mol. The summed E-state index contributed by atoms with van der Waals surface area (Å²) in [7, 11) is 3.23. The SMILES string of the molecule is Cn1cnc2c1c(=O)n(CC(=O)NC(c1ccc(Br)cc1)C1CCC1)c(=O)n2C. The van der Waals surface area contributed by atoms with Crippen LogP contribution in [-0.2, 0) is 25.4 Å². The first-order valence-electron chi connectivity index (χ1n) is 9.52. The molecule has 3 aromatic rings. The highest BCUT2D eigenvalue weighted by molar-refractivity contribution is 9.10. The number of imidazole rings is 1. The Balaban J connectivity index is 1.63. The van der Waals surface area contributed by atoms with Crippen molar-refractivity contribution in [3.05, 3.63) is 61.5 Å². The number of carbonyl (C=O) groups is 1. The number of hydrogen-bond acceptors (Lipinski definition) is 4. The lowest BCUT2D eigenvalue weighted by atomic mass is 9.77. The van der Waals surface area contributed by atoms with Crippen molar-refractivity contribution in [2.24, 2.45) is 20.0 Å². The summed E-state index contributed by atoms with van der Waals surface area (Å²) in [5.41, 5.74) is 0.556. The first-order valence-corrected chi connectivity index (χ1v) is 10.3. The molecule has 0 saturated heterocycles. The molecule has 2 heterocycles.